The van der Waals surface area contributed by atoms with E-state index >= 15 is 0 Å². The van der Waals surface area contributed by atoms with E-state index in [0.717, 1.165) is 12.5 Å². The van der Waals surface area contributed by atoms with E-state index in [1.165, 1.54) is 18.2 Å². The summed E-state index contributed by atoms with van der Waals surface area (Å²) in [5, 5.41) is 0. The summed E-state index contributed by atoms with van der Waals surface area (Å²) in [4.78, 5) is 0. The first-order chi connectivity index (χ1) is 8.76. The van der Waals surface area contributed by atoms with Crippen LogP contribution in [0, 0.1) is 5.41 Å². The van der Waals surface area contributed by atoms with Crippen molar-refractivity contribution in [3.8, 4) is 5.75 Å². The lowest BCUT2D eigenvalue weighted by Crippen LogP contribution is -2.24. The zero-order valence-electron chi connectivity index (χ0n) is 11.3. The number of rotatable bonds is 6. The van der Waals surface area contributed by atoms with Gasteiger partial charge in [-0.25, -0.2) is 0 Å². The van der Waals surface area contributed by atoms with Crippen molar-refractivity contribution >= 4 is 0 Å². The van der Waals surface area contributed by atoms with Gasteiger partial charge in [-0.3, -0.25) is 0 Å². The highest BCUT2D eigenvalue weighted by molar-refractivity contribution is 5.35. The molecule has 0 saturated carbocycles. The first kappa shape index (κ1) is 15.8. The molecule has 0 spiro atoms. The maximum atomic E-state index is 12.7. The molecule has 0 fully saturated rings. The second-order valence-corrected chi connectivity index (χ2v) is 5.31. The molecule has 0 aromatic heterocycles. The largest absolute Gasteiger partial charge is 0.493 e. The van der Waals surface area contributed by atoms with Crippen LogP contribution >= 0.6 is 0 Å². The fourth-order valence-electron chi connectivity index (χ4n) is 1.66. The fourth-order valence-corrected chi connectivity index (χ4v) is 1.66. The van der Waals surface area contributed by atoms with Gasteiger partial charge < -0.3 is 10.5 Å². The zero-order valence-corrected chi connectivity index (χ0v) is 11.3. The third kappa shape index (κ3) is 5.11. The minimum Gasteiger partial charge on any atom is -0.493 e. The topological polar surface area (TPSA) is 35.2 Å². The van der Waals surface area contributed by atoms with E-state index in [-0.39, 0.29) is 17.8 Å². The van der Waals surface area contributed by atoms with Gasteiger partial charge in [-0.15, -0.1) is 0 Å². The van der Waals surface area contributed by atoms with E-state index in [0.29, 0.717) is 13.0 Å². The second kappa shape index (κ2) is 6.28. The number of nitrogens with two attached hydrogens (primary N) is 1. The average Bonchev–Trinajstić information content (AvgIpc) is 2.34. The van der Waals surface area contributed by atoms with Gasteiger partial charge in [0.2, 0.25) is 0 Å². The van der Waals surface area contributed by atoms with Crippen LogP contribution in [0.25, 0.3) is 0 Å². The molecular weight excluding hydrogens is 255 g/mol. The molecule has 0 aliphatic carbocycles. The molecule has 1 aromatic carbocycles. The summed E-state index contributed by atoms with van der Waals surface area (Å²) in [7, 11) is 0. The van der Waals surface area contributed by atoms with E-state index in [1.54, 1.807) is 0 Å². The van der Waals surface area contributed by atoms with Crippen molar-refractivity contribution in [2.24, 2.45) is 11.1 Å². The van der Waals surface area contributed by atoms with Crippen LogP contribution < -0.4 is 10.5 Å². The lowest BCUT2D eigenvalue weighted by atomic mass is 9.88. The highest BCUT2D eigenvalue weighted by Crippen LogP contribution is 2.36. The van der Waals surface area contributed by atoms with Crippen molar-refractivity contribution in [3.05, 3.63) is 29.8 Å². The summed E-state index contributed by atoms with van der Waals surface area (Å²) < 4.78 is 43.4. The van der Waals surface area contributed by atoms with Crippen molar-refractivity contribution in [1.82, 2.24) is 0 Å². The van der Waals surface area contributed by atoms with Crippen LogP contribution in [0.15, 0.2) is 24.3 Å². The van der Waals surface area contributed by atoms with Gasteiger partial charge in [0.15, 0.2) is 0 Å². The summed E-state index contributed by atoms with van der Waals surface area (Å²) in [6, 6.07) is 5.26. The van der Waals surface area contributed by atoms with Crippen LogP contribution in [0.1, 0.15) is 32.3 Å². The highest BCUT2D eigenvalue weighted by atomic mass is 19.4. The minimum atomic E-state index is -4.38. The molecule has 0 aliphatic rings. The van der Waals surface area contributed by atoms with Gasteiger partial charge in [-0.2, -0.15) is 13.2 Å². The Balaban J connectivity index is 2.55. The molecule has 0 aliphatic heterocycles. The van der Waals surface area contributed by atoms with Crippen molar-refractivity contribution < 1.29 is 17.9 Å². The van der Waals surface area contributed by atoms with Gasteiger partial charge in [-0.05, 0) is 36.9 Å². The van der Waals surface area contributed by atoms with Crippen LogP contribution in [-0.2, 0) is 6.18 Å². The number of hydrogen-bond donors (Lipinski definition) is 1. The monoisotopic (exact) mass is 275 g/mol. The number of ether oxygens (including phenoxy) is 1. The van der Waals surface area contributed by atoms with E-state index in [2.05, 4.69) is 0 Å². The van der Waals surface area contributed by atoms with E-state index < -0.39 is 11.7 Å². The Kier molecular flexibility index (Phi) is 5.23. The number of hydrogen-bond acceptors (Lipinski definition) is 2. The molecule has 1 aromatic rings. The molecule has 0 amide bonds. The van der Waals surface area contributed by atoms with Crippen molar-refractivity contribution in [2.45, 2.75) is 32.9 Å². The Bertz CT molecular complexity index is 402. The summed E-state index contributed by atoms with van der Waals surface area (Å²) >= 11 is 0. The van der Waals surface area contributed by atoms with Crippen LogP contribution in [0.3, 0.4) is 0 Å². The molecule has 19 heavy (non-hydrogen) atoms. The maximum absolute atomic E-state index is 12.7. The lowest BCUT2D eigenvalue weighted by Gasteiger charge is -2.22. The Morgan fingerprint density at radius 3 is 2.37 bits per heavy atom. The predicted octanol–water partition coefficient (Wildman–Crippen LogP) is 3.85. The predicted molar refractivity (Wildman–Crippen MR) is 69.0 cm³/mol. The SMILES string of the molecule is CC(C)(CN)CCCOc1ccccc1C(F)(F)F. The van der Waals surface area contributed by atoms with Crippen molar-refractivity contribution in [1.29, 1.82) is 0 Å². The smallest absolute Gasteiger partial charge is 0.419 e. The molecule has 5 heteroatoms. The number of alkyl halides is 3. The fraction of sp³-hybridized carbons (Fsp3) is 0.571. The Morgan fingerprint density at radius 1 is 1.16 bits per heavy atom. The molecule has 0 unspecified atom stereocenters. The molecule has 1 rings (SSSR count). The van der Waals surface area contributed by atoms with E-state index in [9.17, 15) is 13.2 Å². The molecule has 0 heterocycles. The van der Waals surface area contributed by atoms with Crippen LogP contribution in [-0.4, -0.2) is 13.2 Å². The van der Waals surface area contributed by atoms with Gasteiger partial charge in [0, 0.05) is 0 Å². The molecule has 108 valence electrons. The molecule has 2 nitrogen and oxygen atoms in total. The third-order valence-corrected chi connectivity index (χ3v) is 3.00. The van der Waals surface area contributed by atoms with Gasteiger partial charge in [-0.1, -0.05) is 26.0 Å². The average molecular weight is 275 g/mol. The van der Waals surface area contributed by atoms with Gasteiger partial charge in [0.05, 0.1) is 12.2 Å². The summed E-state index contributed by atoms with van der Waals surface area (Å²) in [5.74, 6) is -0.111. The number of halogens is 3. The lowest BCUT2D eigenvalue weighted by molar-refractivity contribution is -0.139. The molecule has 0 radical (unpaired) electrons. The first-order valence-electron chi connectivity index (χ1n) is 6.25. The van der Waals surface area contributed by atoms with Gasteiger partial charge in [0.1, 0.15) is 5.75 Å². The Morgan fingerprint density at radius 2 is 1.79 bits per heavy atom. The molecule has 0 saturated heterocycles. The number of para-hydroxylation sites is 1. The highest BCUT2D eigenvalue weighted by Gasteiger charge is 2.33. The number of benzene rings is 1. The minimum absolute atomic E-state index is 0.00704. The summed E-state index contributed by atoms with van der Waals surface area (Å²) in [5.41, 5.74) is 4.86. The van der Waals surface area contributed by atoms with Gasteiger partial charge >= 0.3 is 6.18 Å². The van der Waals surface area contributed by atoms with Crippen LogP contribution in [0.2, 0.25) is 0 Å². The zero-order chi connectivity index (χ0) is 14.5. The van der Waals surface area contributed by atoms with Crippen molar-refractivity contribution in [3.63, 3.8) is 0 Å². The van der Waals surface area contributed by atoms with Gasteiger partial charge in [0.25, 0.3) is 0 Å². The first-order valence-corrected chi connectivity index (χ1v) is 6.25. The van der Waals surface area contributed by atoms with Crippen LogP contribution in [0.5, 0.6) is 5.75 Å². The van der Waals surface area contributed by atoms with Crippen molar-refractivity contribution in [2.75, 3.05) is 13.2 Å². The third-order valence-electron chi connectivity index (χ3n) is 3.00. The summed E-state index contributed by atoms with van der Waals surface area (Å²) in [6.45, 7) is 4.86. The second-order valence-electron chi connectivity index (χ2n) is 5.31. The summed E-state index contributed by atoms with van der Waals surface area (Å²) in [6.07, 6.45) is -2.89. The normalized spacial score (nSPS) is 12.5. The maximum Gasteiger partial charge on any atom is 0.419 e. The van der Waals surface area contributed by atoms with E-state index in [4.69, 9.17) is 10.5 Å². The Hall–Kier alpha value is -1.23. The molecular formula is C14H20F3NO. The molecule has 2 N–H and O–H groups in total. The standard InChI is InChI=1S/C14H20F3NO/c1-13(2,10-18)8-5-9-19-12-7-4-3-6-11(12)14(15,16)17/h3-4,6-7H,5,8-10,18H2,1-2H3. The molecule has 0 bridgehead atoms. The van der Waals surface area contributed by atoms with Crippen LogP contribution in [0.4, 0.5) is 13.2 Å². The Labute approximate surface area is 111 Å². The van der Waals surface area contributed by atoms with E-state index in [1.807, 2.05) is 13.8 Å². The molecule has 0 atom stereocenters. The quantitative estimate of drug-likeness (QED) is 0.800.